The van der Waals surface area contributed by atoms with Crippen LogP contribution in [0.5, 0.6) is 5.75 Å². The number of rotatable bonds is 5. The first-order valence-electron chi connectivity index (χ1n) is 6.94. The second-order valence-electron chi connectivity index (χ2n) is 5.05. The Balaban J connectivity index is 1.91. The van der Waals surface area contributed by atoms with Gasteiger partial charge in [0.05, 0.1) is 5.56 Å². The number of carbonyl (C=O) groups is 1. The fourth-order valence-corrected chi connectivity index (χ4v) is 1.96. The zero-order chi connectivity index (χ0) is 16.9. The molecule has 0 aliphatic rings. The fourth-order valence-electron chi connectivity index (χ4n) is 1.96. The number of halogens is 3. The lowest BCUT2D eigenvalue weighted by molar-refractivity contribution is -0.137. The molecular formula is C17H16F3NO2. The van der Waals surface area contributed by atoms with Gasteiger partial charge in [-0.15, -0.1) is 0 Å². The first-order valence-corrected chi connectivity index (χ1v) is 6.94. The van der Waals surface area contributed by atoms with Crippen molar-refractivity contribution >= 4 is 5.91 Å². The van der Waals surface area contributed by atoms with E-state index >= 15 is 0 Å². The quantitative estimate of drug-likeness (QED) is 0.839. The van der Waals surface area contributed by atoms with E-state index in [-0.39, 0.29) is 18.3 Å². The standard InChI is InChI=1S/C17H16F3NO2/c1-21(11-13-6-3-2-4-7-13)16(22)12-23-15-9-5-8-14(10-15)17(18,19)20/h2-10H,11-12H2,1H3. The highest BCUT2D eigenvalue weighted by Crippen LogP contribution is 2.31. The zero-order valence-corrected chi connectivity index (χ0v) is 12.5. The third-order valence-electron chi connectivity index (χ3n) is 3.21. The number of hydrogen-bond acceptors (Lipinski definition) is 2. The van der Waals surface area contributed by atoms with E-state index in [4.69, 9.17) is 4.74 Å². The van der Waals surface area contributed by atoms with Gasteiger partial charge in [-0.05, 0) is 23.8 Å². The smallest absolute Gasteiger partial charge is 0.416 e. The third-order valence-corrected chi connectivity index (χ3v) is 3.21. The summed E-state index contributed by atoms with van der Waals surface area (Å²) in [5.74, 6) is -0.299. The zero-order valence-electron chi connectivity index (χ0n) is 12.5. The molecule has 0 heterocycles. The second kappa shape index (κ2) is 7.17. The molecule has 0 spiro atoms. The molecule has 2 aromatic rings. The number of ether oxygens (including phenoxy) is 1. The Morgan fingerprint density at radius 1 is 1.09 bits per heavy atom. The summed E-state index contributed by atoms with van der Waals surface area (Å²) in [4.78, 5) is 13.4. The fraction of sp³-hybridized carbons (Fsp3) is 0.235. The normalized spacial score (nSPS) is 11.1. The summed E-state index contributed by atoms with van der Waals surface area (Å²) in [6, 6.07) is 13.9. The second-order valence-corrected chi connectivity index (χ2v) is 5.05. The van der Waals surface area contributed by atoms with Gasteiger partial charge in [0.25, 0.3) is 5.91 Å². The number of nitrogens with zero attached hydrogens (tertiary/aromatic N) is 1. The average Bonchev–Trinajstić information content (AvgIpc) is 2.53. The molecule has 0 aromatic heterocycles. The maximum Gasteiger partial charge on any atom is 0.416 e. The van der Waals surface area contributed by atoms with Crippen molar-refractivity contribution in [3.05, 3.63) is 65.7 Å². The molecule has 3 nitrogen and oxygen atoms in total. The lowest BCUT2D eigenvalue weighted by atomic mass is 10.2. The SMILES string of the molecule is CN(Cc1ccccc1)C(=O)COc1cccc(C(F)(F)F)c1. The van der Waals surface area contributed by atoms with Gasteiger partial charge in [-0.25, -0.2) is 0 Å². The molecule has 0 radical (unpaired) electrons. The number of alkyl halides is 3. The first-order chi connectivity index (χ1) is 10.9. The van der Waals surface area contributed by atoms with Crippen molar-refractivity contribution in [2.24, 2.45) is 0 Å². The number of carbonyl (C=O) groups excluding carboxylic acids is 1. The highest BCUT2D eigenvalue weighted by atomic mass is 19.4. The van der Waals surface area contributed by atoms with Gasteiger partial charge in [0.2, 0.25) is 0 Å². The van der Waals surface area contributed by atoms with Gasteiger partial charge in [-0.1, -0.05) is 36.4 Å². The van der Waals surface area contributed by atoms with Gasteiger partial charge in [-0.2, -0.15) is 13.2 Å². The van der Waals surface area contributed by atoms with Crippen molar-refractivity contribution in [3.63, 3.8) is 0 Å². The van der Waals surface area contributed by atoms with Crippen molar-refractivity contribution < 1.29 is 22.7 Å². The Labute approximate surface area is 132 Å². The predicted octanol–water partition coefficient (Wildman–Crippen LogP) is 3.74. The van der Waals surface area contributed by atoms with Crippen molar-refractivity contribution in [2.45, 2.75) is 12.7 Å². The van der Waals surface area contributed by atoms with Crippen LogP contribution >= 0.6 is 0 Å². The molecule has 23 heavy (non-hydrogen) atoms. The van der Waals surface area contributed by atoms with E-state index in [1.807, 2.05) is 30.3 Å². The monoisotopic (exact) mass is 323 g/mol. The number of hydrogen-bond donors (Lipinski definition) is 0. The number of benzene rings is 2. The minimum Gasteiger partial charge on any atom is -0.484 e. The summed E-state index contributed by atoms with van der Waals surface area (Å²) in [7, 11) is 1.62. The van der Waals surface area contributed by atoms with Gasteiger partial charge >= 0.3 is 6.18 Å². The number of likely N-dealkylation sites (N-methyl/N-ethyl adjacent to an activating group) is 1. The van der Waals surface area contributed by atoms with Crippen LogP contribution in [0.2, 0.25) is 0 Å². The molecule has 0 fully saturated rings. The molecule has 0 atom stereocenters. The lowest BCUT2D eigenvalue weighted by Crippen LogP contribution is -2.30. The molecule has 2 aromatic carbocycles. The summed E-state index contributed by atoms with van der Waals surface area (Å²) >= 11 is 0. The van der Waals surface area contributed by atoms with Gasteiger partial charge in [-0.3, -0.25) is 4.79 Å². The lowest BCUT2D eigenvalue weighted by Gasteiger charge is -2.18. The van der Waals surface area contributed by atoms with E-state index in [1.165, 1.54) is 17.0 Å². The van der Waals surface area contributed by atoms with Crippen LogP contribution in [0.3, 0.4) is 0 Å². The molecule has 2 rings (SSSR count). The van der Waals surface area contributed by atoms with Crippen LogP contribution in [-0.2, 0) is 17.5 Å². The Kier molecular flexibility index (Phi) is 5.26. The van der Waals surface area contributed by atoms with E-state index in [9.17, 15) is 18.0 Å². The minimum atomic E-state index is -4.44. The Bertz CT molecular complexity index is 656. The average molecular weight is 323 g/mol. The first kappa shape index (κ1) is 16.9. The summed E-state index contributed by atoms with van der Waals surface area (Å²) in [5, 5.41) is 0. The molecule has 0 saturated carbocycles. The van der Waals surface area contributed by atoms with Gasteiger partial charge in [0, 0.05) is 13.6 Å². The Morgan fingerprint density at radius 3 is 2.43 bits per heavy atom. The van der Waals surface area contributed by atoms with Crippen molar-refractivity contribution in [1.82, 2.24) is 4.90 Å². The maximum atomic E-state index is 12.6. The summed E-state index contributed by atoms with van der Waals surface area (Å²) < 4.78 is 43.0. The summed E-state index contributed by atoms with van der Waals surface area (Å²) in [6.45, 7) is 0.0935. The van der Waals surface area contributed by atoms with Crippen LogP contribution < -0.4 is 4.74 Å². The van der Waals surface area contributed by atoms with E-state index in [1.54, 1.807) is 7.05 Å². The topological polar surface area (TPSA) is 29.5 Å². The van der Waals surface area contributed by atoms with Crippen molar-refractivity contribution in [3.8, 4) is 5.75 Å². The minimum absolute atomic E-state index is 0.0151. The summed E-state index contributed by atoms with van der Waals surface area (Å²) in [6.07, 6.45) is -4.44. The third kappa shape index (κ3) is 5.02. The molecule has 0 aliphatic carbocycles. The molecule has 0 unspecified atom stereocenters. The Morgan fingerprint density at radius 2 is 1.78 bits per heavy atom. The van der Waals surface area contributed by atoms with Crippen molar-refractivity contribution in [1.29, 1.82) is 0 Å². The van der Waals surface area contributed by atoms with Gasteiger partial charge < -0.3 is 9.64 Å². The van der Waals surface area contributed by atoms with Crippen LogP contribution in [0.25, 0.3) is 0 Å². The van der Waals surface area contributed by atoms with Crippen LogP contribution in [0.4, 0.5) is 13.2 Å². The van der Waals surface area contributed by atoms with Gasteiger partial charge in [0.15, 0.2) is 6.61 Å². The molecule has 122 valence electrons. The molecule has 1 amide bonds. The van der Waals surface area contributed by atoms with E-state index < -0.39 is 11.7 Å². The highest BCUT2D eigenvalue weighted by molar-refractivity contribution is 5.77. The van der Waals surface area contributed by atoms with E-state index in [0.29, 0.717) is 6.54 Å². The molecule has 0 saturated heterocycles. The van der Waals surface area contributed by atoms with E-state index in [2.05, 4.69) is 0 Å². The van der Waals surface area contributed by atoms with Crippen LogP contribution in [0.1, 0.15) is 11.1 Å². The summed E-state index contributed by atoms with van der Waals surface area (Å²) in [5.41, 5.74) is 0.155. The molecule has 6 heteroatoms. The molecule has 0 N–H and O–H groups in total. The largest absolute Gasteiger partial charge is 0.484 e. The predicted molar refractivity (Wildman–Crippen MR) is 79.9 cm³/mol. The van der Waals surface area contributed by atoms with Gasteiger partial charge in [0.1, 0.15) is 5.75 Å². The van der Waals surface area contributed by atoms with Crippen molar-refractivity contribution in [2.75, 3.05) is 13.7 Å². The highest BCUT2D eigenvalue weighted by Gasteiger charge is 2.30. The van der Waals surface area contributed by atoms with E-state index in [0.717, 1.165) is 17.7 Å². The molecular weight excluding hydrogens is 307 g/mol. The molecule has 0 aliphatic heterocycles. The Hall–Kier alpha value is -2.50. The maximum absolute atomic E-state index is 12.6. The van der Waals surface area contributed by atoms with Crippen LogP contribution in [-0.4, -0.2) is 24.5 Å². The van der Waals surface area contributed by atoms with Crippen LogP contribution in [0, 0.1) is 0 Å². The molecule has 0 bridgehead atoms. The van der Waals surface area contributed by atoms with Crippen LogP contribution in [0.15, 0.2) is 54.6 Å². The number of amides is 1.